The maximum atomic E-state index is 11.9. The van der Waals surface area contributed by atoms with Crippen LogP contribution in [0.4, 0.5) is 4.79 Å². The monoisotopic (exact) mass is 295 g/mol. The van der Waals surface area contributed by atoms with Gasteiger partial charge in [0.1, 0.15) is 6.61 Å². The average molecular weight is 295 g/mol. The van der Waals surface area contributed by atoms with Gasteiger partial charge in [-0.05, 0) is 38.9 Å². The normalized spacial score (nSPS) is 19.1. The van der Waals surface area contributed by atoms with E-state index in [1.54, 1.807) is 4.90 Å². The molecule has 1 amide bonds. The SMILES string of the molecule is [B]CCN(C)CCC1CCN(C(=O)OC/C(N)=C/NN)C1. The van der Waals surface area contributed by atoms with Crippen molar-refractivity contribution in [1.29, 1.82) is 0 Å². The first-order chi connectivity index (χ1) is 10.1. The molecule has 1 aliphatic rings. The molecule has 7 nitrogen and oxygen atoms in total. The Morgan fingerprint density at radius 2 is 2.33 bits per heavy atom. The minimum absolute atomic E-state index is 0.0451. The summed E-state index contributed by atoms with van der Waals surface area (Å²) in [6.07, 6.45) is 3.83. The van der Waals surface area contributed by atoms with E-state index in [9.17, 15) is 4.79 Å². The van der Waals surface area contributed by atoms with Crippen molar-refractivity contribution in [1.82, 2.24) is 15.2 Å². The highest BCUT2D eigenvalue weighted by Gasteiger charge is 2.27. The zero-order valence-electron chi connectivity index (χ0n) is 12.8. The van der Waals surface area contributed by atoms with E-state index in [0.717, 1.165) is 39.0 Å². The smallest absolute Gasteiger partial charge is 0.410 e. The van der Waals surface area contributed by atoms with Gasteiger partial charge in [-0.15, -0.1) is 0 Å². The third-order valence-electron chi connectivity index (χ3n) is 3.60. The second-order valence-electron chi connectivity index (χ2n) is 5.42. The topological polar surface area (TPSA) is 96.8 Å². The molecule has 1 atom stereocenters. The van der Waals surface area contributed by atoms with Crippen LogP contribution in [0.25, 0.3) is 0 Å². The van der Waals surface area contributed by atoms with Crippen LogP contribution < -0.4 is 17.0 Å². The van der Waals surface area contributed by atoms with Crippen LogP contribution in [-0.4, -0.2) is 63.6 Å². The van der Waals surface area contributed by atoms with Crippen molar-refractivity contribution in [3.63, 3.8) is 0 Å². The zero-order valence-corrected chi connectivity index (χ0v) is 12.8. The molecular formula is C13H26BN5O2. The number of carbonyl (C=O) groups is 1. The summed E-state index contributed by atoms with van der Waals surface area (Å²) in [5.41, 5.74) is 8.25. The minimum Gasteiger partial charge on any atom is -0.443 e. The van der Waals surface area contributed by atoms with Gasteiger partial charge in [0, 0.05) is 19.3 Å². The van der Waals surface area contributed by atoms with Gasteiger partial charge in [-0.25, -0.2) is 4.79 Å². The van der Waals surface area contributed by atoms with E-state index < -0.39 is 0 Å². The molecule has 21 heavy (non-hydrogen) atoms. The van der Waals surface area contributed by atoms with Crippen molar-refractivity contribution >= 4 is 13.9 Å². The van der Waals surface area contributed by atoms with Crippen LogP contribution >= 0.6 is 0 Å². The van der Waals surface area contributed by atoms with Crippen LogP contribution in [0.3, 0.4) is 0 Å². The lowest BCUT2D eigenvalue weighted by Gasteiger charge is -2.19. The van der Waals surface area contributed by atoms with E-state index >= 15 is 0 Å². The molecule has 118 valence electrons. The standard InChI is InChI=1S/C13H26BN5O2/c1-18(7-4-14)5-2-11-3-6-19(9-11)13(20)21-10-12(15)8-17-16/h8,11,17H,2-7,9-10,15-16H2,1H3/b12-8-. The summed E-state index contributed by atoms with van der Waals surface area (Å²) in [6, 6.07) is 0. The van der Waals surface area contributed by atoms with Crippen LogP contribution in [0.2, 0.25) is 6.32 Å². The highest BCUT2D eigenvalue weighted by Crippen LogP contribution is 2.20. The van der Waals surface area contributed by atoms with E-state index in [1.165, 1.54) is 6.20 Å². The first kappa shape index (κ1) is 17.6. The Balaban J connectivity index is 2.24. The molecule has 0 aliphatic carbocycles. The molecule has 0 spiro atoms. The summed E-state index contributed by atoms with van der Waals surface area (Å²) in [5, 5.41) is 0. The van der Waals surface area contributed by atoms with Crippen molar-refractivity contribution in [2.24, 2.45) is 17.5 Å². The van der Waals surface area contributed by atoms with Crippen LogP contribution in [0.1, 0.15) is 12.8 Å². The summed E-state index contributed by atoms with van der Waals surface area (Å²) < 4.78 is 5.12. The number of nitrogens with one attached hydrogen (secondary N) is 1. The van der Waals surface area contributed by atoms with E-state index in [-0.39, 0.29) is 12.7 Å². The molecule has 1 unspecified atom stereocenters. The fourth-order valence-electron chi connectivity index (χ4n) is 2.35. The third kappa shape index (κ3) is 6.72. The molecule has 1 fully saturated rings. The first-order valence-electron chi connectivity index (χ1n) is 7.27. The lowest BCUT2D eigenvalue weighted by atomic mass is 10.0. The van der Waals surface area contributed by atoms with E-state index in [2.05, 4.69) is 17.4 Å². The summed E-state index contributed by atoms with van der Waals surface area (Å²) in [4.78, 5) is 15.8. The molecule has 1 heterocycles. The number of hydrazine groups is 1. The van der Waals surface area contributed by atoms with Gasteiger partial charge >= 0.3 is 6.09 Å². The maximum absolute atomic E-state index is 11.9. The second-order valence-corrected chi connectivity index (χ2v) is 5.42. The number of likely N-dealkylation sites (tertiary alicyclic amines) is 1. The lowest BCUT2D eigenvalue weighted by molar-refractivity contribution is 0.117. The largest absolute Gasteiger partial charge is 0.443 e. The van der Waals surface area contributed by atoms with Crippen LogP contribution in [-0.2, 0) is 4.74 Å². The van der Waals surface area contributed by atoms with Crippen molar-refractivity contribution in [2.45, 2.75) is 19.2 Å². The van der Waals surface area contributed by atoms with Crippen molar-refractivity contribution in [3.05, 3.63) is 11.9 Å². The molecular weight excluding hydrogens is 269 g/mol. The molecule has 1 aliphatic heterocycles. The number of hydrogen-bond acceptors (Lipinski definition) is 6. The molecule has 5 N–H and O–H groups in total. The van der Waals surface area contributed by atoms with Gasteiger partial charge in [-0.3, -0.25) is 5.84 Å². The van der Waals surface area contributed by atoms with E-state index in [4.69, 9.17) is 24.2 Å². The van der Waals surface area contributed by atoms with Gasteiger partial charge in [0.15, 0.2) is 0 Å². The van der Waals surface area contributed by atoms with Crippen molar-refractivity contribution in [3.8, 4) is 0 Å². The zero-order chi connectivity index (χ0) is 15.7. The third-order valence-corrected chi connectivity index (χ3v) is 3.60. The lowest BCUT2D eigenvalue weighted by Crippen LogP contribution is -2.31. The predicted octanol–water partition coefficient (Wildman–Crippen LogP) is -0.383. The van der Waals surface area contributed by atoms with Crippen LogP contribution in [0.15, 0.2) is 11.9 Å². The molecule has 0 saturated carbocycles. The molecule has 8 heteroatoms. The molecule has 1 saturated heterocycles. The number of ether oxygens (including phenoxy) is 1. The van der Waals surface area contributed by atoms with Crippen molar-refractivity contribution < 1.29 is 9.53 Å². The Hall–Kier alpha value is -1.41. The summed E-state index contributed by atoms with van der Waals surface area (Å²) in [7, 11) is 7.58. The summed E-state index contributed by atoms with van der Waals surface area (Å²) >= 11 is 0. The minimum atomic E-state index is -0.318. The molecule has 1 rings (SSSR count). The Morgan fingerprint density at radius 1 is 1.57 bits per heavy atom. The number of rotatable bonds is 8. The molecule has 2 radical (unpaired) electrons. The second kappa shape index (κ2) is 9.52. The van der Waals surface area contributed by atoms with Crippen LogP contribution in [0.5, 0.6) is 0 Å². The number of nitrogens with zero attached hydrogens (tertiary/aromatic N) is 2. The van der Waals surface area contributed by atoms with Crippen molar-refractivity contribution in [2.75, 3.05) is 39.8 Å². The Bertz CT molecular complexity index is 353. The maximum Gasteiger partial charge on any atom is 0.410 e. The molecule has 0 aromatic heterocycles. The molecule has 0 aromatic rings. The summed E-state index contributed by atoms with van der Waals surface area (Å²) in [5.74, 6) is 5.61. The molecule has 0 bridgehead atoms. The van der Waals surface area contributed by atoms with Gasteiger partial charge < -0.3 is 25.7 Å². The number of hydrogen-bond donors (Lipinski definition) is 3. The summed E-state index contributed by atoms with van der Waals surface area (Å²) in [6.45, 7) is 3.43. The fraction of sp³-hybridized carbons (Fsp3) is 0.769. The highest BCUT2D eigenvalue weighted by atomic mass is 16.6. The van der Waals surface area contributed by atoms with Gasteiger partial charge in [0.2, 0.25) is 0 Å². The van der Waals surface area contributed by atoms with Gasteiger partial charge in [-0.2, -0.15) is 0 Å². The Kier molecular flexibility index (Phi) is 8.00. The predicted molar refractivity (Wildman–Crippen MR) is 83.3 cm³/mol. The molecule has 0 aromatic carbocycles. The van der Waals surface area contributed by atoms with Crippen LogP contribution in [0, 0.1) is 5.92 Å². The van der Waals surface area contributed by atoms with Gasteiger partial charge in [0.05, 0.1) is 13.5 Å². The van der Waals surface area contributed by atoms with Gasteiger partial charge in [-0.1, -0.05) is 6.32 Å². The number of nitrogens with two attached hydrogens (primary N) is 2. The Morgan fingerprint density at radius 3 is 3.00 bits per heavy atom. The first-order valence-corrected chi connectivity index (χ1v) is 7.27. The number of amides is 1. The Labute approximate surface area is 128 Å². The van der Waals surface area contributed by atoms with E-state index in [1.807, 2.05) is 0 Å². The van der Waals surface area contributed by atoms with Gasteiger partial charge in [0.25, 0.3) is 0 Å². The number of carbonyl (C=O) groups excluding carboxylic acids is 1. The quantitative estimate of drug-likeness (QED) is 0.321. The average Bonchev–Trinajstić information content (AvgIpc) is 2.92. The van der Waals surface area contributed by atoms with E-state index in [0.29, 0.717) is 17.9 Å². The fourth-order valence-corrected chi connectivity index (χ4v) is 2.35. The highest BCUT2D eigenvalue weighted by molar-refractivity contribution is 6.08.